The average molecular weight is 437 g/mol. The van der Waals surface area contributed by atoms with E-state index in [4.69, 9.17) is 5.73 Å². The van der Waals surface area contributed by atoms with Gasteiger partial charge in [0.1, 0.15) is 16.9 Å². The van der Waals surface area contributed by atoms with Crippen LogP contribution in [0.5, 0.6) is 5.88 Å². The van der Waals surface area contributed by atoms with Crippen molar-refractivity contribution in [2.45, 2.75) is 50.7 Å². The number of ether oxygens (including phenoxy) is 1. The molecule has 0 bridgehead atoms. The molecule has 2 heterocycles. The van der Waals surface area contributed by atoms with E-state index in [0.717, 1.165) is 6.42 Å². The zero-order chi connectivity index (χ0) is 22.8. The number of halogens is 3. The topological polar surface area (TPSA) is 120 Å². The van der Waals surface area contributed by atoms with Crippen LogP contribution in [0.2, 0.25) is 0 Å². The van der Waals surface area contributed by atoms with Crippen LogP contribution in [0.4, 0.5) is 13.2 Å². The number of rotatable bonds is 7. The third-order valence-corrected chi connectivity index (χ3v) is 5.27. The Hall–Kier alpha value is -3.24. The molecule has 0 aliphatic heterocycles. The summed E-state index contributed by atoms with van der Waals surface area (Å²) >= 11 is 0. The van der Waals surface area contributed by atoms with Crippen molar-refractivity contribution in [2.75, 3.05) is 6.61 Å². The standard InChI is InChI=1S/C20H22F3N5O3/c1-11-8-13(9-26-16(11)31-10-20(21,22)23)12(2)27-15(29)14-4-7-25-18(28-14)19(17(24)30)5-3-6-19/h4,7-9,12H,3,5-6,10H2,1-2H3,(H2,24,30)(H,27,29). The molecule has 1 fully saturated rings. The van der Waals surface area contributed by atoms with Crippen LogP contribution in [0.3, 0.4) is 0 Å². The number of amides is 2. The van der Waals surface area contributed by atoms with E-state index in [-0.39, 0.29) is 17.4 Å². The van der Waals surface area contributed by atoms with E-state index in [1.807, 2.05) is 0 Å². The summed E-state index contributed by atoms with van der Waals surface area (Å²) in [4.78, 5) is 36.8. The van der Waals surface area contributed by atoms with Gasteiger partial charge in [0.2, 0.25) is 11.8 Å². The molecular weight excluding hydrogens is 415 g/mol. The van der Waals surface area contributed by atoms with Gasteiger partial charge in [0.15, 0.2) is 6.61 Å². The number of carbonyl (C=O) groups is 2. The first-order valence-electron chi connectivity index (χ1n) is 9.62. The number of hydrogen-bond acceptors (Lipinski definition) is 6. The zero-order valence-corrected chi connectivity index (χ0v) is 17.0. The molecule has 1 saturated carbocycles. The number of nitrogens with two attached hydrogens (primary N) is 1. The number of hydrogen-bond donors (Lipinski definition) is 2. The molecule has 0 aromatic carbocycles. The molecule has 0 spiro atoms. The predicted molar refractivity (Wildman–Crippen MR) is 103 cm³/mol. The zero-order valence-electron chi connectivity index (χ0n) is 17.0. The van der Waals surface area contributed by atoms with Gasteiger partial charge in [-0.15, -0.1) is 0 Å². The summed E-state index contributed by atoms with van der Waals surface area (Å²) in [6.07, 6.45) is 0.190. The highest BCUT2D eigenvalue weighted by molar-refractivity contribution is 5.93. The molecule has 2 amide bonds. The molecule has 11 heteroatoms. The SMILES string of the molecule is Cc1cc(C(C)NC(=O)c2ccnc(C3(C(N)=O)CCC3)n2)cnc1OCC(F)(F)F. The Morgan fingerprint density at radius 1 is 1.32 bits per heavy atom. The maximum atomic E-state index is 12.7. The fourth-order valence-corrected chi connectivity index (χ4v) is 3.30. The van der Waals surface area contributed by atoms with Gasteiger partial charge in [-0.3, -0.25) is 9.59 Å². The van der Waals surface area contributed by atoms with E-state index in [1.165, 1.54) is 18.5 Å². The van der Waals surface area contributed by atoms with Crippen LogP contribution >= 0.6 is 0 Å². The Bertz CT molecular complexity index is 992. The third kappa shape index (κ3) is 4.92. The number of aromatic nitrogens is 3. The predicted octanol–water partition coefficient (Wildman–Crippen LogP) is 2.52. The average Bonchev–Trinajstić information content (AvgIpc) is 2.65. The molecular formula is C20H22F3N5O3. The van der Waals surface area contributed by atoms with Crippen LogP contribution in [0, 0.1) is 6.92 Å². The molecule has 2 aromatic heterocycles. The largest absolute Gasteiger partial charge is 0.468 e. The number of primary amides is 1. The van der Waals surface area contributed by atoms with Gasteiger partial charge in [-0.2, -0.15) is 13.2 Å². The summed E-state index contributed by atoms with van der Waals surface area (Å²) in [6.45, 7) is 1.83. The highest BCUT2D eigenvalue weighted by Crippen LogP contribution is 2.41. The van der Waals surface area contributed by atoms with Crippen molar-refractivity contribution in [1.29, 1.82) is 0 Å². The molecule has 166 valence electrons. The second-order valence-corrected chi connectivity index (χ2v) is 7.56. The van der Waals surface area contributed by atoms with Crippen molar-refractivity contribution in [3.05, 3.63) is 47.2 Å². The van der Waals surface area contributed by atoms with Gasteiger partial charge in [0.25, 0.3) is 5.91 Å². The van der Waals surface area contributed by atoms with Crippen molar-refractivity contribution in [1.82, 2.24) is 20.3 Å². The van der Waals surface area contributed by atoms with Crippen LogP contribution in [-0.2, 0) is 10.2 Å². The quantitative estimate of drug-likeness (QED) is 0.687. The minimum Gasteiger partial charge on any atom is -0.468 e. The van der Waals surface area contributed by atoms with E-state index in [2.05, 4.69) is 25.0 Å². The van der Waals surface area contributed by atoms with Crippen LogP contribution in [0.15, 0.2) is 24.5 Å². The molecule has 2 aromatic rings. The maximum absolute atomic E-state index is 12.7. The van der Waals surface area contributed by atoms with Crippen LogP contribution in [-0.4, -0.2) is 39.5 Å². The van der Waals surface area contributed by atoms with E-state index in [9.17, 15) is 22.8 Å². The second kappa shape index (κ2) is 8.48. The number of alkyl halides is 3. The summed E-state index contributed by atoms with van der Waals surface area (Å²) in [5.41, 5.74) is 5.65. The lowest BCUT2D eigenvalue weighted by atomic mass is 9.67. The van der Waals surface area contributed by atoms with Gasteiger partial charge in [-0.05, 0) is 44.4 Å². The van der Waals surface area contributed by atoms with Gasteiger partial charge in [0, 0.05) is 18.0 Å². The summed E-state index contributed by atoms with van der Waals surface area (Å²) in [6, 6.07) is 2.50. The first-order valence-corrected chi connectivity index (χ1v) is 9.62. The Morgan fingerprint density at radius 3 is 2.58 bits per heavy atom. The summed E-state index contributed by atoms with van der Waals surface area (Å²) in [7, 11) is 0. The summed E-state index contributed by atoms with van der Waals surface area (Å²) in [5.74, 6) is -0.906. The van der Waals surface area contributed by atoms with Crippen LogP contribution in [0.25, 0.3) is 0 Å². The highest BCUT2D eigenvalue weighted by Gasteiger charge is 2.47. The van der Waals surface area contributed by atoms with Crippen molar-refractivity contribution >= 4 is 11.8 Å². The van der Waals surface area contributed by atoms with Crippen LogP contribution in [0.1, 0.15) is 59.7 Å². The fraction of sp³-hybridized carbons (Fsp3) is 0.450. The summed E-state index contributed by atoms with van der Waals surface area (Å²) < 4.78 is 41.7. The van der Waals surface area contributed by atoms with Gasteiger partial charge in [-0.25, -0.2) is 15.0 Å². The molecule has 1 atom stereocenters. The monoisotopic (exact) mass is 437 g/mol. The number of nitrogens with zero attached hydrogens (tertiary/aromatic N) is 3. The van der Waals surface area contributed by atoms with E-state index in [1.54, 1.807) is 19.9 Å². The maximum Gasteiger partial charge on any atom is 0.422 e. The Morgan fingerprint density at radius 2 is 2.03 bits per heavy atom. The molecule has 1 aliphatic rings. The molecule has 3 rings (SSSR count). The van der Waals surface area contributed by atoms with E-state index >= 15 is 0 Å². The second-order valence-electron chi connectivity index (χ2n) is 7.56. The van der Waals surface area contributed by atoms with E-state index < -0.39 is 36.1 Å². The molecule has 3 N–H and O–H groups in total. The highest BCUT2D eigenvalue weighted by atomic mass is 19.4. The minimum atomic E-state index is -4.46. The van der Waals surface area contributed by atoms with Crippen molar-refractivity contribution < 1.29 is 27.5 Å². The molecule has 31 heavy (non-hydrogen) atoms. The minimum absolute atomic E-state index is 0.0826. The number of carbonyl (C=O) groups excluding carboxylic acids is 2. The number of aryl methyl sites for hydroxylation is 1. The smallest absolute Gasteiger partial charge is 0.422 e. The molecule has 1 aliphatic carbocycles. The Balaban J connectivity index is 1.70. The fourth-order valence-electron chi connectivity index (χ4n) is 3.30. The van der Waals surface area contributed by atoms with Crippen molar-refractivity contribution in [2.24, 2.45) is 5.73 Å². The Kier molecular flexibility index (Phi) is 6.14. The van der Waals surface area contributed by atoms with E-state index in [0.29, 0.717) is 24.0 Å². The molecule has 0 saturated heterocycles. The van der Waals surface area contributed by atoms with Gasteiger partial charge in [-0.1, -0.05) is 6.42 Å². The lowest BCUT2D eigenvalue weighted by Crippen LogP contribution is -2.48. The molecule has 1 unspecified atom stereocenters. The first kappa shape index (κ1) is 22.4. The molecule has 8 nitrogen and oxygen atoms in total. The summed E-state index contributed by atoms with van der Waals surface area (Å²) in [5, 5.41) is 2.75. The molecule has 0 radical (unpaired) electrons. The van der Waals surface area contributed by atoms with Gasteiger partial charge >= 0.3 is 6.18 Å². The Labute approximate surface area is 176 Å². The third-order valence-electron chi connectivity index (χ3n) is 5.27. The first-order chi connectivity index (χ1) is 14.5. The number of nitrogens with one attached hydrogen (secondary N) is 1. The van der Waals surface area contributed by atoms with Crippen LogP contribution < -0.4 is 15.8 Å². The van der Waals surface area contributed by atoms with Gasteiger partial charge in [0.05, 0.1) is 6.04 Å². The normalized spacial score (nSPS) is 16.2. The van der Waals surface area contributed by atoms with Crippen molar-refractivity contribution in [3.8, 4) is 5.88 Å². The lowest BCUT2D eigenvalue weighted by molar-refractivity contribution is -0.154. The van der Waals surface area contributed by atoms with Gasteiger partial charge < -0.3 is 15.8 Å². The lowest BCUT2D eigenvalue weighted by Gasteiger charge is -2.37. The van der Waals surface area contributed by atoms with Crippen molar-refractivity contribution in [3.63, 3.8) is 0 Å². The number of pyridine rings is 1.